The number of hydrogen-bond acceptors (Lipinski definition) is 2. The Morgan fingerprint density at radius 1 is 1.19 bits per heavy atom. The minimum atomic E-state index is -2.73. The molecular formula is C12H12F2O2. The highest BCUT2D eigenvalue weighted by molar-refractivity contribution is 5.50. The van der Waals surface area contributed by atoms with E-state index in [1.54, 1.807) is 13.0 Å². The normalized spacial score (nSPS) is 18.9. The zero-order chi connectivity index (χ0) is 11.3. The molecule has 1 fully saturated rings. The summed E-state index contributed by atoms with van der Waals surface area (Å²) < 4.78 is 38.2. The Morgan fingerprint density at radius 2 is 1.81 bits per heavy atom. The van der Waals surface area contributed by atoms with Gasteiger partial charge in [0.05, 0.1) is 0 Å². The van der Waals surface area contributed by atoms with Crippen LogP contribution in [-0.2, 0) is 5.92 Å². The first-order valence-corrected chi connectivity index (χ1v) is 5.37. The molecule has 4 heteroatoms. The van der Waals surface area contributed by atoms with Crippen LogP contribution in [0.25, 0.3) is 0 Å². The summed E-state index contributed by atoms with van der Waals surface area (Å²) >= 11 is 0. The molecule has 0 bridgehead atoms. The summed E-state index contributed by atoms with van der Waals surface area (Å²) in [6.07, 6.45) is 1.22. The second-order valence-electron chi connectivity index (χ2n) is 4.42. The Balaban J connectivity index is 2.06. The Labute approximate surface area is 92.2 Å². The molecule has 0 radical (unpaired) electrons. The standard InChI is InChI=1S/C12H12F2O2/c1-7-4-10-11(16-6-15-10)5-9(7)12(13,14)8-2-3-8/h4-5,8H,2-3,6H2,1H3. The van der Waals surface area contributed by atoms with Gasteiger partial charge < -0.3 is 9.47 Å². The van der Waals surface area contributed by atoms with Crippen LogP contribution >= 0.6 is 0 Å². The smallest absolute Gasteiger partial charge is 0.276 e. The zero-order valence-electron chi connectivity index (χ0n) is 8.93. The molecule has 0 aromatic heterocycles. The molecule has 86 valence electrons. The van der Waals surface area contributed by atoms with Crippen molar-refractivity contribution in [2.75, 3.05) is 6.79 Å². The van der Waals surface area contributed by atoms with Gasteiger partial charge in [-0.15, -0.1) is 0 Å². The van der Waals surface area contributed by atoms with Gasteiger partial charge in [-0.1, -0.05) is 0 Å². The lowest BCUT2D eigenvalue weighted by atomic mass is 9.98. The molecule has 0 saturated heterocycles. The second-order valence-corrected chi connectivity index (χ2v) is 4.42. The van der Waals surface area contributed by atoms with E-state index in [1.807, 2.05) is 0 Å². The number of halogens is 2. The molecule has 1 aliphatic heterocycles. The molecule has 3 rings (SSSR count). The van der Waals surface area contributed by atoms with Gasteiger partial charge in [0.1, 0.15) is 0 Å². The van der Waals surface area contributed by atoms with E-state index in [2.05, 4.69) is 0 Å². The SMILES string of the molecule is Cc1cc2c(cc1C(F)(F)C1CC1)OCO2. The lowest BCUT2D eigenvalue weighted by molar-refractivity contribution is -0.0292. The van der Waals surface area contributed by atoms with Crippen molar-refractivity contribution in [3.8, 4) is 11.5 Å². The van der Waals surface area contributed by atoms with Crippen LogP contribution < -0.4 is 9.47 Å². The molecule has 1 aliphatic carbocycles. The van der Waals surface area contributed by atoms with Crippen molar-refractivity contribution in [3.05, 3.63) is 23.3 Å². The van der Waals surface area contributed by atoms with E-state index in [-0.39, 0.29) is 12.4 Å². The summed E-state index contributed by atoms with van der Waals surface area (Å²) in [5.41, 5.74) is 0.653. The maximum absolute atomic E-state index is 14.0. The number of alkyl halides is 2. The van der Waals surface area contributed by atoms with Crippen LogP contribution in [0.2, 0.25) is 0 Å². The molecule has 2 aliphatic rings. The van der Waals surface area contributed by atoms with Crippen LogP contribution in [-0.4, -0.2) is 6.79 Å². The lowest BCUT2D eigenvalue weighted by Gasteiger charge is -2.18. The van der Waals surface area contributed by atoms with E-state index < -0.39 is 11.8 Å². The number of aryl methyl sites for hydroxylation is 1. The Hall–Kier alpha value is -1.32. The Bertz CT molecular complexity index is 439. The fourth-order valence-electron chi connectivity index (χ4n) is 2.07. The lowest BCUT2D eigenvalue weighted by Crippen LogP contribution is -2.17. The largest absolute Gasteiger partial charge is 0.454 e. The fraction of sp³-hybridized carbons (Fsp3) is 0.500. The molecule has 0 spiro atoms. The predicted molar refractivity (Wildman–Crippen MR) is 53.9 cm³/mol. The number of benzene rings is 1. The van der Waals surface area contributed by atoms with Crippen LogP contribution in [0, 0.1) is 12.8 Å². The molecule has 0 unspecified atom stereocenters. The summed E-state index contributed by atoms with van der Waals surface area (Å²) in [7, 11) is 0. The van der Waals surface area contributed by atoms with Crippen molar-refractivity contribution >= 4 is 0 Å². The first-order chi connectivity index (χ1) is 7.59. The van der Waals surface area contributed by atoms with Gasteiger partial charge in [0.15, 0.2) is 11.5 Å². The monoisotopic (exact) mass is 226 g/mol. The predicted octanol–water partition coefficient (Wildman–Crippen LogP) is 3.23. The van der Waals surface area contributed by atoms with Gasteiger partial charge in [0.2, 0.25) is 6.79 Å². The molecule has 16 heavy (non-hydrogen) atoms. The molecular weight excluding hydrogens is 214 g/mol. The van der Waals surface area contributed by atoms with Gasteiger partial charge in [-0.3, -0.25) is 0 Å². The van der Waals surface area contributed by atoms with Gasteiger partial charge in [-0.2, -0.15) is 0 Å². The van der Waals surface area contributed by atoms with E-state index in [0.29, 0.717) is 29.9 Å². The van der Waals surface area contributed by atoms with E-state index in [4.69, 9.17) is 9.47 Å². The van der Waals surface area contributed by atoms with Gasteiger partial charge in [0, 0.05) is 11.5 Å². The fourth-order valence-corrected chi connectivity index (χ4v) is 2.07. The third-order valence-electron chi connectivity index (χ3n) is 3.17. The van der Waals surface area contributed by atoms with E-state index >= 15 is 0 Å². The zero-order valence-corrected chi connectivity index (χ0v) is 8.93. The quantitative estimate of drug-likeness (QED) is 0.770. The van der Waals surface area contributed by atoms with Crippen molar-refractivity contribution in [3.63, 3.8) is 0 Å². The van der Waals surface area contributed by atoms with E-state index in [9.17, 15) is 8.78 Å². The Kier molecular flexibility index (Phi) is 1.91. The van der Waals surface area contributed by atoms with E-state index in [1.165, 1.54) is 6.07 Å². The minimum absolute atomic E-state index is 0.0826. The maximum atomic E-state index is 14.0. The van der Waals surface area contributed by atoms with Gasteiger partial charge in [-0.25, -0.2) is 8.78 Å². The summed E-state index contributed by atoms with van der Waals surface area (Å²) in [6.45, 7) is 1.81. The average Bonchev–Trinajstić information content (AvgIpc) is 2.98. The minimum Gasteiger partial charge on any atom is -0.454 e. The van der Waals surface area contributed by atoms with Crippen molar-refractivity contribution in [2.24, 2.45) is 5.92 Å². The average molecular weight is 226 g/mol. The molecule has 1 aromatic rings. The van der Waals surface area contributed by atoms with Crippen LogP contribution in [0.5, 0.6) is 11.5 Å². The van der Waals surface area contributed by atoms with Gasteiger partial charge >= 0.3 is 0 Å². The summed E-state index contributed by atoms with van der Waals surface area (Å²) in [6, 6.07) is 3.06. The van der Waals surface area contributed by atoms with Crippen molar-refractivity contribution < 1.29 is 18.3 Å². The molecule has 2 nitrogen and oxygen atoms in total. The van der Waals surface area contributed by atoms with E-state index in [0.717, 1.165) is 0 Å². The number of rotatable bonds is 2. The second kappa shape index (κ2) is 3.09. The molecule has 0 amide bonds. The van der Waals surface area contributed by atoms with Crippen molar-refractivity contribution in [1.82, 2.24) is 0 Å². The first-order valence-electron chi connectivity index (χ1n) is 5.37. The summed E-state index contributed by atoms with van der Waals surface area (Å²) in [4.78, 5) is 0. The highest BCUT2D eigenvalue weighted by Crippen LogP contribution is 2.52. The summed E-state index contributed by atoms with van der Waals surface area (Å²) in [5, 5.41) is 0. The van der Waals surface area contributed by atoms with Crippen LogP contribution in [0.15, 0.2) is 12.1 Å². The molecule has 1 heterocycles. The number of ether oxygens (including phenoxy) is 2. The molecule has 0 N–H and O–H groups in total. The highest BCUT2D eigenvalue weighted by Gasteiger charge is 2.49. The van der Waals surface area contributed by atoms with Gasteiger partial charge in [-0.05, 0) is 37.5 Å². The maximum Gasteiger partial charge on any atom is 0.276 e. The molecule has 1 aromatic carbocycles. The van der Waals surface area contributed by atoms with Crippen molar-refractivity contribution in [1.29, 1.82) is 0 Å². The summed E-state index contributed by atoms with van der Waals surface area (Å²) in [5.74, 6) is -2.23. The Morgan fingerprint density at radius 3 is 2.44 bits per heavy atom. The van der Waals surface area contributed by atoms with Crippen LogP contribution in [0.1, 0.15) is 24.0 Å². The van der Waals surface area contributed by atoms with Gasteiger partial charge in [0.25, 0.3) is 5.92 Å². The molecule has 1 saturated carbocycles. The topological polar surface area (TPSA) is 18.5 Å². The molecule has 0 atom stereocenters. The number of fused-ring (bicyclic) bond motifs is 1. The van der Waals surface area contributed by atoms with Crippen LogP contribution in [0.4, 0.5) is 8.78 Å². The number of hydrogen-bond donors (Lipinski definition) is 0. The third-order valence-corrected chi connectivity index (χ3v) is 3.17. The highest BCUT2D eigenvalue weighted by atomic mass is 19.3. The van der Waals surface area contributed by atoms with Crippen LogP contribution in [0.3, 0.4) is 0 Å². The first kappa shape index (κ1) is 9.87. The van der Waals surface area contributed by atoms with Crippen molar-refractivity contribution in [2.45, 2.75) is 25.7 Å². The third kappa shape index (κ3) is 1.36.